The average molecular weight is 639 g/mol. The first-order chi connectivity index (χ1) is 19.4. The molecule has 0 unspecified atom stereocenters. The van der Waals surface area contributed by atoms with Crippen LogP contribution in [0.15, 0.2) is 71.6 Å². The molecule has 7 nitrogen and oxygen atoms in total. The van der Waals surface area contributed by atoms with E-state index in [0.29, 0.717) is 44.7 Å². The van der Waals surface area contributed by atoms with Crippen LogP contribution in [0.1, 0.15) is 44.7 Å². The number of aryl methyl sites for hydroxylation is 1. The summed E-state index contributed by atoms with van der Waals surface area (Å²) in [5.74, 6) is -0.883. The third kappa shape index (κ3) is 8.16. The van der Waals surface area contributed by atoms with Crippen LogP contribution in [0.5, 0.6) is 0 Å². The number of amides is 2. The zero-order chi connectivity index (χ0) is 30.3. The molecule has 2 amide bonds. The van der Waals surface area contributed by atoms with Crippen molar-refractivity contribution in [2.24, 2.45) is 0 Å². The Balaban J connectivity index is 2.10. The Kier molecular flexibility index (Phi) is 11.5. The molecule has 0 aromatic heterocycles. The third-order valence-corrected chi connectivity index (χ3v) is 9.51. The number of sulfonamides is 1. The standard InChI is InChI=1S/C30H34Cl3N3O4S/c1-5-21(4)34-30(38)27(6-2)35(18-22-12-14-25(32)26(33)17-22)29(37)19-36(28-15-13-23(31)16-20(28)3)41(39,40)24-10-8-7-9-11-24/h7-17,21,27H,5-6,18-19H2,1-4H3,(H,34,38)/t21-,27+/m0/s1. The summed E-state index contributed by atoms with van der Waals surface area (Å²) in [6.45, 7) is 6.83. The van der Waals surface area contributed by atoms with Crippen LogP contribution in [0.3, 0.4) is 0 Å². The van der Waals surface area contributed by atoms with Gasteiger partial charge in [-0.15, -0.1) is 0 Å². The lowest BCUT2D eigenvalue weighted by atomic mass is 10.1. The molecule has 0 aliphatic heterocycles. The number of anilines is 1. The van der Waals surface area contributed by atoms with E-state index in [1.54, 1.807) is 68.4 Å². The highest BCUT2D eigenvalue weighted by Gasteiger charge is 2.34. The van der Waals surface area contributed by atoms with Crippen molar-refractivity contribution in [2.75, 3.05) is 10.8 Å². The molecule has 0 spiro atoms. The number of hydrogen-bond donors (Lipinski definition) is 1. The summed E-state index contributed by atoms with van der Waals surface area (Å²) < 4.78 is 28.9. The summed E-state index contributed by atoms with van der Waals surface area (Å²) in [7, 11) is -4.18. The molecule has 41 heavy (non-hydrogen) atoms. The van der Waals surface area contributed by atoms with E-state index >= 15 is 0 Å². The van der Waals surface area contributed by atoms with Crippen LogP contribution in [0.25, 0.3) is 0 Å². The number of carbonyl (C=O) groups excluding carboxylic acids is 2. The first kappa shape index (κ1) is 32.7. The Bertz CT molecular complexity index is 1490. The van der Waals surface area contributed by atoms with Gasteiger partial charge in [-0.1, -0.05) is 72.9 Å². The molecule has 2 atom stereocenters. The Morgan fingerprint density at radius 1 is 0.902 bits per heavy atom. The van der Waals surface area contributed by atoms with Gasteiger partial charge in [0.2, 0.25) is 11.8 Å². The van der Waals surface area contributed by atoms with Gasteiger partial charge in [-0.25, -0.2) is 8.42 Å². The van der Waals surface area contributed by atoms with Crippen molar-refractivity contribution in [2.45, 2.75) is 64.1 Å². The maximum atomic E-state index is 14.2. The molecule has 1 N–H and O–H groups in total. The van der Waals surface area contributed by atoms with Crippen molar-refractivity contribution in [1.29, 1.82) is 0 Å². The molecule has 0 fully saturated rings. The zero-order valence-electron chi connectivity index (χ0n) is 23.4. The van der Waals surface area contributed by atoms with Gasteiger partial charge in [-0.3, -0.25) is 13.9 Å². The van der Waals surface area contributed by atoms with Crippen molar-refractivity contribution in [3.8, 4) is 0 Å². The average Bonchev–Trinajstić information content (AvgIpc) is 2.94. The predicted octanol–water partition coefficient (Wildman–Crippen LogP) is 6.87. The quantitative estimate of drug-likeness (QED) is 0.235. The smallest absolute Gasteiger partial charge is 0.264 e. The highest BCUT2D eigenvalue weighted by molar-refractivity contribution is 7.92. The number of hydrogen-bond acceptors (Lipinski definition) is 4. The first-order valence-corrected chi connectivity index (χ1v) is 15.8. The van der Waals surface area contributed by atoms with Crippen LogP contribution in [0, 0.1) is 6.92 Å². The normalized spacial score (nSPS) is 12.9. The Morgan fingerprint density at radius 2 is 1.59 bits per heavy atom. The van der Waals surface area contributed by atoms with E-state index in [1.807, 2.05) is 13.8 Å². The molecule has 0 heterocycles. The molecular weight excluding hydrogens is 605 g/mol. The van der Waals surface area contributed by atoms with Crippen LogP contribution in [-0.4, -0.2) is 43.8 Å². The fourth-order valence-electron chi connectivity index (χ4n) is 4.33. The molecule has 0 radical (unpaired) electrons. The van der Waals surface area contributed by atoms with E-state index in [9.17, 15) is 18.0 Å². The van der Waals surface area contributed by atoms with Gasteiger partial charge < -0.3 is 10.2 Å². The van der Waals surface area contributed by atoms with Crippen molar-refractivity contribution >= 4 is 62.3 Å². The SMILES string of the molecule is CC[C@H](C(=O)N[C@@H](C)CC)N(Cc1ccc(Cl)c(Cl)c1)C(=O)CN(c1ccc(Cl)cc1C)S(=O)(=O)c1ccccc1. The van der Waals surface area contributed by atoms with E-state index in [0.717, 1.165) is 4.31 Å². The van der Waals surface area contributed by atoms with Crippen LogP contribution < -0.4 is 9.62 Å². The maximum absolute atomic E-state index is 14.2. The molecule has 3 aromatic carbocycles. The molecule has 11 heteroatoms. The van der Waals surface area contributed by atoms with Crippen LogP contribution >= 0.6 is 34.8 Å². The number of rotatable bonds is 12. The van der Waals surface area contributed by atoms with Crippen LogP contribution in [-0.2, 0) is 26.2 Å². The number of carbonyl (C=O) groups is 2. The summed E-state index contributed by atoms with van der Waals surface area (Å²) in [5.41, 5.74) is 1.52. The number of halogens is 3. The van der Waals surface area contributed by atoms with Crippen LogP contribution in [0.2, 0.25) is 15.1 Å². The lowest BCUT2D eigenvalue weighted by Gasteiger charge is -2.34. The lowest BCUT2D eigenvalue weighted by molar-refractivity contribution is -0.140. The summed E-state index contributed by atoms with van der Waals surface area (Å²) in [6.07, 6.45) is 1.02. The molecule has 0 bridgehead atoms. The van der Waals surface area contributed by atoms with Crippen molar-refractivity contribution in [3.63, 3.8) is 0 Å². The number of nitrogens with one attached hydrogen (secondary N) is 1. The third-order valence-electron chi connectivity index (χ3n) is 6.76. The Hall–Kier alpha value is -2.78. The minimum Gasteiger partial charge on any atom is -0.352 e. The molecule has 0 aliphatic carbocycles. The second-order valence-electron chi connectivity index (χ2n) is 9.77. The van der Waals surface area contributed by atoms with Gasteiger partial charge in [-0.05, 0) is 80.3 Å². The van der Waals surface area contributed by atoms with Crippen molar-refractivity contribution < 1.29 is 18.0 Å². The van der Waals surface area contributed by atoms with E-state index in [1.165, 1.54) is 17.0 Å². The highest BCUT2D eigenvalue weighted by atomic mass is 35.5. The second kappa shape index (κ2) is 14.4. The highest BCUT2D eigenvalue weighted by Crippen LogP contribution is 2.30. The Morgan fingerprint density at radius 3 is 2.17 bits per heavy atom. The van der Waals surface area contributed by atoms with E-state index in [4.69, 9.17) is 34.8 Å². The van der Waals surface area contributed by atoms with E-state index in [-0.39, 0.29) is 23.4 Å². The van der Waals surface area contributed by atoms with Gasteiger partial charge in [0.05, 0.1) is 20.6 Å². The topological polar surface area (TPSA) is 86.8 Å². The summed E-state index contributed by atoms with van der Waals surface area (Å²) >= 11 is 18.5. The van der Waals surface area contributed by atoms with Gasteiger partial charge in [-0.2, -0.15) is 0 Å². The number of benzene rings is 3. The minimum absolute atomic E-state index is 0.0149. The van der Waals surface area contributed by atoms with Crippen LogP contribution in [0.4, 0.5) is 5.69 Å². The van der Waals surface area contributed by atoms with Gasteiger partial charge in [0.1, 0.15) is 12.6 Å². The van der Waals surface area contributed by atoms with Gasteiger partial charge >= 0.3 is 0 Å². The largest absolute Gasteiger partial charge is 0.352 e. The molecule has 220 valence electrons. The summed E-state index contributed by atoms with van der Waals surface area (Å²) in [6, 6.07) is 16.7. The fourth-order valence-corrected chi connectivity index (χ4v) is 6.37. The first-order valence-electron chi connectivity index (χ1n) is 13.3. The zero-order valence-corrected chi connectivity index (χ0v) is 26.5. The van der Waals surface area contributed by atoms with Gasteiger partial charge in [0, 0.05) is 17.6 Å². The molecule has 0 saturated carbocycles. The van der Waals surface area contributed by atoms with Crippen molar-refractivity contribution in [1.82, 2.24) is 10.2 Å². The minimum atomic E-state index is -4.18. The Labute approximate surface area is 257 Å². The lowest BCUT2D eigenvalue weighted by Crippen LogP contribution is -2.53. The summed E-state index contributed by atoms with van der Waals surface area (Å²) in [4.78, 5) is 28.9. The molecular formula is C30H34Cl3N3O4S. The van der Waals surface area contributed by atoms with Gasteiger partial charge in [0.25, 0.3) is 10.0 Å². The summed E-state index contributed by atoms with van der Waals surface area (Å²) in [5, 5.41) is 4.05. The van der Waals surface area contributed by atoms with E-state index < -0.39 is 28.5 Å². The molecule has 3 aromatic rings. The van der Waals surface area contributed by atoms with Gasteiger partial charge in [0.15, 0.2) is 0 Å². The predicted molar refractivity (Wildman–Crippen MR) is 166 cm³/mol. The molecule has 0 aliphatic rings. The van der Waals surface area contributed by atoms with Crippen molar-refractivity contribution in [3.05, 3.63) is 92.9 Å². The number of nitrogens with zero attached hydrogens (tertiary/aromatic N) is 2. The maximum Gasteiger partial charge on any atom is 0.264 e. The molecule has 0 saturated heterocycles. The second-order valence-corrected chi connectivity index (χ2v) is 12.9. The monoisotopic (exact) mass is 637 g/mol. The van der Waals surface area contributed by atoms with E-state index in [2.05, 4.69) is 5.32 Å². The molecule has 3 rings (SSSR count). The fraction of sp³-hybridized carbons (Fsp3) is 0.333.